The van der Waals surface area contributed by atoms with E-state index in [9.17, 15) is 18.0 Å². The average molecular weight is 277 g/mol. The first-order chi connectivity index (χ1) is 7.90. The topological polar surface area (TPSA) is 101 Å². The quantitative estimate of drug-likeness (QED) is 0.706. The number of sulfone groups is 1. The lowest BCUT2D eigenvalue weighted by Gasteiger charge is -2.22. The van der Waals surface area contributed by atoms with Crippen LogP contribution in [-0.4, -0.2) is 42.9 Å². The van der Waals surface area contributed by atoms with Gasteiger partial charge in [0.15, 0.2) is 9.84 Å². The SMILES string of the molecule is CC(C(=O)O)=C(C)C(=O)NCC(C)(C)S(C)(=O)=O. The summed E-state index contributed by atoms with van der Waals surface area (Å²) in [6.45, 7) is 5.61. The molecule has 0 fully saturated rings. The first kappa shape index (κ1) is 16.6. The van der Waals surface area contributed by atoms with E-state index in [-0.39, 0.29) is 17.7 Å². The van der Waals surface area contributed by atoms with Gasteiger partial charge in [-0.2, -0.15) is 0 Å². The highest BCUT2D eigenvalue weighted by atomic mass is 32.2. The fraction of sp³-hybridized carbons (Fsp3) is 0.636. The largest absolute Gasteiger partial charge is 0.478 e. The van der Waals surface area contributed by atoms with Crippen LogP contribution in [-0.2, 0) is 19.4 Å². The van der Waals surface area contributed by atoms with Gasteiger partial charge in [0.25, 0.3) is 0 Å². The van der Waals surface area contributed by atoms with E-state index in [1.807, 2.05) is 0 Å². The van der Waals surface area contributed by atoms with Gasteiger partial charge in [0.1, 0.15) is 0 Å². The molecule has 6 nitrogen and oxygen atoms in total. The highest BCUT2D eigenvalue weighted by Crippen LogP contribution is 2.14. The molecular formula is C11H19NO5S. The van der Waals surface area contributed by atoms with Crippen LogP contribution in [0.15, 0.2) is 11.1 Å². The second-order valence-electron chi connectivity index (χ2n) is 4.77. The number of carboxylic acids is 1. The van der Waals surface area contributed by atoms with Gasteiger partial charge in [-0.1, -0.05) is 0 Å². The van der Waals surface area contributed by atoms with Crippen molar-refractivity contribution in [1.29, 1.82) is 0 Å². The fourth-order valence-corrected chi connectivity index (χ4v) is 1.22. The Hall–Kier alpha value is -1.37. The molecule has 0 aromatic carbocycles. The molecule has 0 rings (SSSR count). The smallest absolute Gasteiger partial charge is 0.331 e. The highest BCUT2D eigenvalue weighted by Gasteiger charge is 2.30. The Labute approximate surface area is 107 Å². The Balaban J connectivity index is 4.84. The normalized spacial score (nSPS) is 13.8. The van der Waals surface area contributed by atoms with Crippen molar-refractivity contribution in [3.05, 3.63) is 11.1 Å². The van der Waals surface area contributed by atoms with Gasteiger partial charge in [-0.15, -0.1) is 0 Å². The lowest BCUT2D eigenvalue weighted by atomic mass is 10.1. The molecule has 18 heavy (non-hydrogen) atoms. The number of rotatable bonds is 5. The van der Waals surface area contributed by atoms with Crippen molar-refractivity contribution in [2.75, 3.05) is 12.8 Å². The lowest BCUT2D eigenvalue weighted by Crippen LogP contribution is -2.44. The van der Waals surface area contributed by atoms with Gasteiger partial charge in [-0.3, -0.25) is 4.79 Å². The first-order valence-electron chi connectivity index (χ1n) is 5.28. The van der Waals surface area contributed by atoms with Crippen molar-refractivity contribution in [2.24, 2.45) is 0 Å². The maximum absolute atomic E-state index is 11.6. The van der Waals surface area contributed by atoms with E-state index in [1.165, 1.54) is 27.7 Å². The Bertz CT molecular complexity index is 488. The third kappa shape index (κ3) is 4.14. The molecule has 0 aliphatic carbocycles. The van der Waals surface area contributed by atoms with E-state index in [0.29, 0.717) is 0 Å². The van der Waals surface area contributed by atoms with Gasteiger partial charge in [-0.05, 0) is 27.7 Å². The van der Waals surface area contributed by atoms with Gasteiger partial charge in [0.2, 0.25) is 5.91 Å². The second kappa shape index (κ2) is 5.51. The number of hydrogen-bond acceptors (Lipinski definition) is 4. The summed E-state index contributed by atoms with van der Waals surface area (Å²) in [5.74, 6) is -1.75. The molecule has 0 aliphatic rings. The van der Waals surface area contributed by atoms with Crippen LogP contribution in [0.3, 0.4) is 0 Å². The van der Waals surface area contributed by atoms with Crippen LogP contribution in [0.25, 0.3) is 0 Å². The third-order valence-corrected chi connectivity index (χ3v) is 5.05. The summed E-state index contributed by atoms with van der Waals surface area (Å²) >= 11 is 0. The molecule has 0 spiro atoms. The fourth-order valence-electron chi connectivity index (χ4n) is 0.888. The number of carbonyl (C=O) groups is 2. The third-order valence-electron chi connectivity index (χ3n) is 2.90. The van der Waals surface area contributed by atoms with Gasteiger partial charge < -0.3 is 10.4 Å². The summed E-state index contributed by atoms with van der Waals surface area (Å²) in [5, 5.41) is 11.2. The Morgan fingerprint density at radius 3 is 1.94 bits per heavy atom. The predicted molar refractivity (Wildman–Crippen MR) is 67.9 cm³/mol. The summed E-state index contributed by atoms with van der Waals surface area (Å²) < 4.78 is 21.7. The molecule has 0 atom stereocenters. The summed E-state index contributed by atoms with van der Waals surface area (Å²) in [6.07, 6.45) is 1.09. The summed E-state index contributed by atoms with van der Waals surface area (Å²) in [7, 11) is -3.31. The van der Waals surface area contributed by atoms with Crippen molar-refractivity contribution in [3.8, 4) is 0 Å². The number of carbonyl (C=O) groups excluding carboxylic acids is 1. The van der Waals surface area contributed by atoms with Gasteiger partial charge in [0.05, 0.1) is 4.75 Å². The van der Waals surface area contributed by atoms with Crippen LogP contribution in [0.5, 0.6) is 0 Å². The zero-order valence-corrected chi connectivity index (χ0v) is 12.0. The van der Waals surface area contributed by atoms with E-state index >= 15 is 0 Å². The zero-order valence-electron chi connectivity index (χ0n) is 11.2. The van der Waals surface area contributed by atoms with Crippen molar-refractivity contribution in [3.63, 3.8) is 0 Å². The van der Waals surface area contributed by atoms with Crippen LogP contribution in [0.1, 0.15) is 27.7 Å². The lowest BCUT2D eigenvalue weighted by molar-refractivity contribution is -0.133. The molecule has 7 heteroatoms. The molecule has 0 bridgehead atoms. The molecule has 1 amide bonds. The van der Waals surface area contributed by atoms with Crippen LogP contribution in [0, 0.1) is 0 Å². The predicted octanol–water partition coefficient (Wildman–Crippen LogP) is 0.347. The van der Waals surface area contributed by atoms with E-state index in [1.54, 1.807) is 0 Å². The Morgan fingerprint density at radius 2 is 1.61 bits per heavy atom. The molecule has 0 heterocycles. The molecule has 2 N–H and O–H groups in total. The Morgan fingerprint density at radius 1 is 1.17 bits per heavy atom. The first-order valence-corrected chi connectivity index (χ1v) is 7.18. The summed E-state index contributed by atoms with van der Waals surface area (Å²) in [5.41, 5.74) is -0.00328. The van der Waals surface area contributed by atoms with Gasteiger partial charge in [0, 0.05) is 23.9 Å². The van der Waals surface area contributed by atoms with Crippen LogP contribution >= 0.6 is 0 Å². The van der Waals surface area contributed by atoms with Crippen LogP contribution in [0.4, 0.5) is 0 Å². The maximum atomic E-state index is 11.6. The standard InChI is InChI=1S/C11H19NO5S/c1-7(8(2)10(14)15)9(13)12-6-11(3,4)18(5,16)17/h6H2,1-5H3,(H,12,13)(H,14,15). The van der Waals surface area contributed by atoms with Crippen molar-refractivity contribution >= 4 is 21.7 Å². The number of carboxylic acid groups (broad SMARTS) is 1. The van der Waals surface area contributed by atoms with Crippen molar-refractivity contribution in [2.45, 2.75) is 32.4 Å². The molecular weight excluding hydrogens is 258 g/mol. The number of amides is 1. The maximum Gasteiger partial charge on any atom is 0.331 e. The number of nitrogens with one attached hydrogen (secondary N) is 1. The molecule has 0 aromatic rings. The minimum Gasteiger partial charge on any atom is -0.478 e. The molecule has 0 aliphatic heterocycles. The van der Waals surface area contributed by atoms with E-state index in [0.717, 1.165) is 6.26 Å². The van der Waals surface area contributed by atoms with Gasteiger partial charge in [-0.25, -0.2) is 13.2 Å². The van der Waals surface area contributed by atoms with Crippen LogP contribution in [0.2, 0.25) is 0 Å². The molecule has 0 radical (unpaired) electrons. The number of hydrogen-bond donors (Lipinski definition) is 2. The van der Waals surface area contributed by atoms with Gasteiger partial charge >= 0.3 is 5.97 Å². The molecule has 0 aromatic heterocycles. The molecule has 104 valence electrons. The highest BCUT2D eigenvalue weighted by molar-refractivity contribution is 7.92. The summed E-state index contributed by atoms with van der Waals surface area (Å²) in [4.78, 5) is 22.3. The summed E-state index contributed by atoms with van der Waals surface area (Å²) in [6, 6.07) is 0. The number of aliphatic carboxylic acids is 1. The second-order valence-corrected chi connectivity index (χ2v) is 7.42. The molecule has 0 saturated heterocycles. The molecule has 0 unspecified atom stereocenters. The van der Waals surface area contributed by atoms with Crippen molar-refractivity contribution < 1.29 is 23.1 Å². The van der Waals surface area contributed by atoms with Crippen molar-refractivity contribution in [1.82, 2.24) is 5.32 Å². The zero-order chi connectivity index (χ0) is 14.7. The average Bonchev–Trinajstić information content (AvgIpc) is 2.22. The monoisotopic (exact) mass is 277 g/mol. The minimum atomic E-state index is -3.31. The van der Waals surface area contributed by atoms with E-state index in [2.05, 4.69) is 5.32 Å². The molecule has 0 saturated carbocycles. The Kier molecular flexibility index (Phi) is 5.09. The minimum absolute atomic E-state index is 0.0619. The van der Waals surface area contributed by atoms with E-state index < -0.39 is 26.5 Å². The van der Waals surface area contributed by atoms with Crippen LogP contribution < -0.4 is 5.32 Å². The van der Waals surface area contributed by atoms with E-state index in [4.69, 9.17) is 5.11 Å².